The summed E-state index contributed by atoms with van der Waals surface area (Å²) >= 11 is 0. The number of phenols is 1. The second kappa shape index (κ2) is 6.31. The maximum Gasteiger partial charge on any atom is 0.115 e. The summed E-state index contributed by atoms with van der Waals surface area (Å²) in [6.45, 7) is 2.26. The number of phenolic OH excluding ortho intramolecular Hbond substituents is 1. The van der Waals surface area contributed by atoms with Gasteiger partial charge in [0.05, 0.1) is 0 Å². The fourth-order valence-electron chi connectivity index (χ4n) is 2.94. The lowest BCUT2D eigenvalue weighted by molar-refractivity contribution is 0.474. The smallest absolute Gasteiger partial charge is 0.115 e. The molecule has 0 amide bonds. The van der Waals surface area contributed by atoms with E-state index in [4.69, 9.17) is 0 Å². The van der Waals surface area contributed by atoms with Crippen LogP contribution in [-0.4, -0.2) is 17.2 Å². The maximum absolute atomic E-state index is 9.29. The Kier molecular flexibility index (Phi) is 4.26. The van der Waals surface area contributed by atoms with Gasteiger partial charge in [-0.15, -0.1) is 0 Å². The predicted molar refractivity (Wildman–Crippen MR) is 86.6 cm³/mol. The van der Waals surface area contributed by atoms with Crippen molar-refractivity contribution in [2.45, 2.75) is 44.2 Å². The van der Waals surface area contributed by atoms with Crippen LogP contribution >= 0.6 is 0 Å². The highest BCUT2D eigenvalue weighted by atomic mass is 16.3. The number of hydrogen-bond acceptors (Lipinski definition) is 2. The summed E-state index contributed by atoms with van der Waals surface area (Å²) in [5, 5.41) is 13.0. The molecule has 21 heavy (non-hydrogen) atoms. The molecule has 0 radical (unpaired) electrons. The zero-order valence-electron chi connectivity index (χ0n) is 12.5. The summed E-state index contributed by atoms with van der Waals surface area (Å²) in [5.41, 5.74) is 2.75. The summed E-state index contributed by atoms with van der Waals surface area (Å²) in [5.74, 6) is 1.04. The average molecular weight is 281 g/mol. The van der Waals surface area contributed by atoms with Crippen molar-refractivity contribution < 1.29 is 5.11 Å². The number of hydrogen-bond donors (Lipinski definition) is 2. The van der Waals surface area contributed by atoms with E-state index in [1.54, 1.807) is 12.1 Å². The van der Waals surface area contributed by atoms with Gasteiger partial charge in [0.25, 0.3) is 0 Å². The lowest BCUT2D eigenvalue weighted by Crippen LogP contribution is -2.29. The van der Waals surface area contributed by atoms with Gasteiger partial charge in [-0.1, -0.05) is 42.5 Å². The van der Waals surface area contributed by atoms with Gasteiger partial charge in [-0.2, -0.15) is 0 Å². The molecule has 2 nitrogen and oxygen atoms in total. The highest BCUT2D eigenvalue weighted by Crippen LogP contribution is 2.40. The van der Waals surface area contributed by atoms with Gasteiger partial charge in [0.2, 0.25) is 0 Å². The number of aromatic hydroxyl groups is 1. The number of rotatable bonds is 6. The lowest BCUT2D eigenvalue weighted by atomic mass is 10.1. The van der Waals surface area contributed by atoms with E-state index < -0.39 is 0 Å². The summed E-state index contributed by atoms with van der Waals surface area (Å²) < 4.78 is 0. The van der Waals surface area contributed by atoms with Gasteiger partial charge >= 0.3 is 0 Å². The first-order valence-electron chi connectivity index (χ1n) is 7.81. The van der Waals surface area contributed by atoms with Crippen LogP contribution in [0.25, 0.3) is 0 Å². The molecular weight excluding hydrogens is 258 g/mol. The van der Waals surface area contributed by atoms with Crippen molar-refractivity contribution in [3.63, 3.8) is 0 Å². The monoisotopic (exact) mass is 281 g/mol. The van der Waals surface area contributed by atoms with Crippen LogP contribution in [0.3, 0.4) is 0 Å². The van der Waals surface area contributed by atoms with Crippen LogP contribution in [0.15, 0.2) is 54.6 Å². The van der Waals surface area contributed by atoms with Crippen molar-refractivity contribution in [1.29, 1.82) is 0 Å². The largest absolute Gasteiger partial charge is 0.508 e. The van der Waals surface area contributed by atoms with Crippen LogP contribution in [0, 0.1) is 0 Å². The van der Waals surface area contributed by atoms with Crippen LogP contribution in [-0.2, 0) is 6.42 Å². The van der Waals surface area contributed by atoms with Gasteiger partial charge < -0.3 is 10.4 Å². The molecule has 1 fully saturated rings. The Morgan fingerprint density at radius 1 is 1.10 bits per heavy atom. The molecule has 0 aromatic heterocycles. The summed E-state index contributed by atoms with van der Waals surface area (Å²) in [7, 11) is 0. The minimum atomic E-state index is 0.341. The topological polar surface area (TPSA) is 32.3 Å². The van der Waals surface area contributed by atoms with Crippen molar-refractivity contribution >= 4 is 0 Å². The molecule has 1 aliphatic carbocycles. The average Bonchev–Trinajstić information content (AvgIpc) is 3.27. The highest BCUT2D eigenvalue weighted by Gasteiger charge is 2.38. The summed E-state index contributed by atoms with van der Waals surface area (Å²) in [6.07, 6.45) is 3.44. The molecule has 2 heteroatoms. The third kappa shape index (κ3) is 3.85. The Balaban J connectivity index is 1.43. The van der Waals surface area contributed by atoms with Gasteiger partial charge in [0, 0.05) is 18.0 Å². The first kappa shape index (κ1) is 14.2. The molecular formula is C19H23NO. The third-order valence-electron chi connectivity index (χ3n) is 4.32. The molecule has 0 spiro atoms. The molecule has 3 atom stereocenters. The molecule has 1 aliphatic rings. The second-order valence-electron chi connectivity index (χ2n) is 6.13. The van der Waals surface area contributed by atoms with E-state index in [0.29, 0.717) is 23.8 Å². The van der Waals surface area contributed by atoms with Crippen molar-refractivity contribution in [3.8, 4) is 5.75 Å². The fraction of sp³-hybridized carbons (Fsp3) is 0.368. The fourth-order valence-corrected chi connectivity index (χ4v) is 2.94. The maximum atomic E-state index is 9.29. The van der Waals surface area contributed by atoms with E-state index in [-0.39, 0.29) is 0 Å². The second-order valence-corrected chi connectivity index (χ2v) is 6.13. The van der Waals surface area contributed by atoms with Crippen LogP contribution in [0.2, 0.25) is 0 Å². The quantitative estimate of drug-likeness (QED) is 0.842. The molecule has 0 aliphatic heterocycles. The van der Waals surface area contributed by atoms with Crippen molar-refractivity contribution in [2.75, 3.05) is 0 Å². The third-order valence-corrected chi connectivity index (χ3v) is 4.32. The predicted octanol–water partition coefficient (Wildman–Crippen LogP) is 3.86. The molecule has 110 valence electrons. The number of nitrogens with one attached hydrogen (secondary N) is 1. The molecule has 2 N–H and O–H groups in total. The Bertz CT molecular complexity index is 564. The molecule has 0 heterocycles. The number of aryl methyl sites for hydroxylation is 1. The summed E-state index contributed by atoms with van der Waals surface area (Å²) in [6, 6.07) is 19.5. The van der Waals surface area contributed by atoms with Gasteiger partial charge in [-0.05, 0) is 49.4 Å². The van der Waals surface area contributed by atoms with E-state index in [9.17, 15) is 5.11 Å². The van der Waals surface area contributed by atoms with E-state index in [0.717, 1.165) is 12.8 Å². The SMILES string of the molecule is CC(CCc1ccc(O)cc1)NC1CC1c1ccccc1. The molecule has 1 saturated carbocycles. The van der Waals surface area contributed by atoms with E-state index in [2.05, 4.69) is 42.6 Å². The van der Waals surface area contributed by atoms with Crippen LogP contribution in [0.5, 0.6) is 5.75 Å². The van der Waals surface area contributed by atoms with Gasteiger partial charge in [0.1, 0.15) is 5.75 Å². The standard InChI is InChI=1S/C19H23NO/c1-14(7-8-15-9-11-17(21)12-10-15)20-19-13-18(19)16-5-3-2-4-6-16/h2-6,9-12,14,18-21H,7-8,13H2,1H3. The normalized spacial score (nSPS) is 22.0. The van der Waals surface area contributed by atoms with Crippen molar-refractivity contribution in [1.82, 2.24) is 5.32 Å². The Morgan fingerprint density at radius 2 is 1.81 bits per heavy atom. The highest BCUT2D eigenvalue weighted by molar-refractivity contribution is 5.28. The zero-order valence-corrected chi connectivity index (χ0v) is 12.5. The van der Waals surface area contributed by atoms with Gasteiger partial charge in [-0.3, -0.25) is 0 Å². The van der Waals surface area contributed by atoms with Gasteiger partial charge in [0.15, 0.2) is 0 Å². The van der Waals surface area contributed by atoms with Crippen LogP contribution in [0.4, 0.5) is 0 Å². The first-order chi connectivity index (χ1) is 10.2. The molecule has 3 rings (SSSR count). The minimum Gasteiger partial charge on any atom is -0.508 e. The van der Waals surface area contributed by atoms with E-state index in [1.165, 1.54) is 17.5 Å². The number of benzene rings is 2. The lowest BCUT2D eigenvalue weighted by Gasteiger charge is -2.14. The first-order valence-corrected chi connectivity index (χ1v) is 7.81. The van der Waals surface area contributed by atoms with Gasteiger partial charge in [-0.25, -0.2) is 0 Å². The molecule has 2 aromatic carbocycles. The van der Waals surface area contributed by atoms with Crippen molar-refractivity contribution in [3.05, 3.63) is 65.7 Å². The van der Waals surface area contributed by atoms with E-state index >= 15 is 0 Å². The summed E-state index contributed by atoms with van der Waals surface area (Å²) in [4.78, 5) is 0. The molecule has 2 aromatic rings. The van der Waals surface area contributed by atoms with Crippen molar-refractivity contribution in [2.24, 2.45) is 0 Å². The Hall–Kier alpha value is -1.80. The molecule has 3 unspecified atom stereocenters. The Morgan fingerprint density at radius 3 is 2.52 bits per heavy atom. The van der Waals surface area contributed by atoms with E-state index in [1.807, 2.05) is 12.1 Å². The zero-order chi connectivity index (χ0) is 14.7. The molecule has 0 bridgehead atoms. The molecule has 0 saturated heterocycles. The van der Waals surface area contributed by atoms with Crippen LogP contribution in [0.1, 0.15) is 36.8 Å². The Labute approximate surface area is 126 Å². The minimum absolute atomic E-state index is 0.341. The van der Waals surface area contributed by atoms with Crippen LogP contribution < -0.4 is 5.32 Å².